The van der Waals surface area contributed by atoms with Gasteiger partial charge in [-0.2, -0.15) is 0 Å². The fraction of sp³-hybridized carbons (Fsp3) is 0.412. The first kappa shape index (κ1) is 16.7. The maximum Gasteiger partial charge on any atom is 0.0701 e. The second kappa shape index (κ2) is 8.08. The Morgan fingerprint density at radius 1 is 1.29 bits per heavy atom. The van der Waals surface area contributed by atoms with Gasteiger partial charge in [-0.1, -0.05) is 37.3 Å². The summed E-state index contributed by atoms with van der Waals surface area (Å²) in [6.45, 7) is 4.37. The van der Waals surface area contributed by atoms with Gasteiger partial charge in [0.2, 0.25) is 0 Å². The van der Waals surface area contributed by atoms with E-state index in [0.29, 0.717) is 12.0 Å². The summed E-state index contributed by atoms with van der Waals surface area (Å²) in [7, 11) is 4.24. The van der Waals surface area contributed by atoms with Crippen LogP contribution in [0.3, 0.4) is 0 Å². The van der Waals surface area contributed by atoms with Crippen LogP contribution >= 0.6 is 27.3 Å². The summed E-state index contributed by atoms with van der Waals surface area (Å²) in [5, 5.41) is 5.68. The summed E-state index contributed by atoms with van der Waals surface area (Å²) >= 11 is 5.28. The van der Waals surface area contributed by atoms with E-state index in [-0.39, 0.29) is 0 Å². The van der Waals surface area contributed by atoms with Gasteiger partial charge < -0.3 is 10.2 Å². The molecule has 1 N–H and O–H groups in total. The van der Waals surface area contributed by atoms with Gasteiger partial charge in [-0.05, 0) is 58.5 Å². The number of benzene rings is 1. The molecule has 0 saturated heterocycles. The second-order valence-electron chi connectivity index (χ2n) is 5.61. The monoisotopic (exact) mass is 366 g/mol. The maximum atomic E-state index is 3.53. The third-order valence-electron chi connectivity index (χ3n) is 3.71. The smallest absolute Gasteiger partial charge is 0.0701 e. The Morgan fingerprint density at radius 3 is 2.57 bits per heavy atom. The van der Waals surface area contributed by atoms with Crippen molar-refractivity contribution in [1.29, 1.82) is 0 Å². The Labute approximate surface area is 140 Å². The third kappa shape index (κ3) is 4.92. The van der Waals surface area contributed by atoms with Crippen LogP contribution in [0.25, 0.3) is 0 Å². The Bertz CT molecular complexity index is 541. The molecule has 1 heterocycles. The zero-order valence-corrected chi connectivity index (χ0v) is 15.2. The van der Waals surface area contributed by atoms with E-state index in [1.807, 2.05) is 7.05 Å². The molecule has 1 aromatic heterocycles. The topological polar surface area (TPSA) is 15.3 Å². The lowest BCUT2D eigenvalue weighted by Gasteiger charge is -2.28. The van der Waals surface area contributed by atoms with Crippen LogP contribution in [0.5, 0.6) is 0 Å². The van der Waals surface area contributed by atoms with Crippen LogP contribution in [0.1, 0.15) is 24.1 Å². The quantitative estimate of drug-likeness (QED) is 0.773. The van der Waals surface area contributed by atoms with E-state index in [9.17, 15) is 0 Å². The molecule has 0 amide bonds. The lowest BCUT2D eigenvalue weighted by atomic mass is 9.94. The van der Waals surface area contributed by atoms with Gasteiger partial charge in [0.15, 0.2) is 0 Å². The van der Waals surface area contributed by atoms with E-state index < -0.39 is 0 Å². The number of thiophene rings is 1. The number of halogens is 1. The molecule has 2 nitrogen and oxygen atoms in total. The number of hydrogen-bond acceptors (Lipinski definition) is 3. The Hall–Kier alpha value is -0.680. The SMILES string of the molecule is CNC(c1ccccc1)C(C)CN(C)Cc1csc(Br)c1. The molecule has 21 heavy (non-hydrogen) atoms. The number of rotatable bonds is 7. The molecule has 0 spiro atoms. The molecule has 2 atom stereocenters. The molecule has 114 valence electrons. The molecule has 0 saturated carbocycles. The minimum atomic E-state index is 0.392. The molecule has 2 rings (SSSR count). The van der Waals surface area contributed by atoms with E-state index in [1.54, 1.807) is 11.3 Å². The lowest BCUT2D eigenvalue weighted by molar-refractivity contribution is 0.246. The lowest BCUT2D eigenvalue weighted by Crippen LogP contribution is -2.32. The van der Waals surface area contributed by atoms with Crippen molar-refractivity contribution in [3.8, 4) is 0 Å². The molecule has 0 aliphatic rings. The van der Waals surface area contributed by atoms with Crippen molar-refractivity contribution in [1.82, 2.24) is 10.2 Å². The van der Waals surface area contributed by atoms with Crippen LogP contribution in [0.15, 0.2) is 45.6 Å². The van der Waals surface area contributed by atoms with Crippen molar-refractivity contribution in [3.63, 3.8) is 0 Å². The van der Waals surface area contributed by atoms with Gasteiger partial charge >= 0.3 is 0 Å². The van der Waals surface area contributed by atoms with Crippen LogP contribution in [-0.4, -0.2) is 25.5 Å². The summed E-state index contributed by atoms with van der Waals surface area (Å²) in [4.78, 5) is 2.40. The predicted octanol–water partition coefficient (Wildman–Crippen LogP) is 4.54. The zero-order chi connectivity index (χ0) is 15.2. The van der Waals surface area contributed by atoms with Crippen LogP contribution in [0.2, 0.25) is 0 Å². The van der Waals surface area contributed by atoms with Gasteiger partial charge in [0.1, 0.15) is 0 Å². The Balaban J connectivity index is 1.94. The molecule has 4 heteroatoms. The molecule has 0 aliphatic heterocycles. The number of nitrogens with zero attached hydrogens (tertiary/aromatic N) is 1. The highest BCUT2D eigenvalue weighted by molar-refractivity contribution is 9.11. The van der Waals surface area contributed by atoms with E-state index in [4.69, 9.17) is 0 Å². The highest BCUT2D eigenvalue weighted by atomic mass is 79.9. The first-order valence-electron chi connectivity index (χ1n) is 7.24. The van der Waals surface area contributed by atoms with Gasteiger partial charge in [0, 0.05) is 19.1 Å². The van der Waals surface area contributed by atoms with Gasteiger partial charge in [-0.25, -0.2) is 0 Å². The van der Waals surface area contributed by atoms with Gasteiger partial charge in [-0.3, -0.25) is 0 Å². The van der Waals surface area contributed by atoms with Crippen LogP contribution in [-0.2, 0) is 6.54 Å². The third-order valence-corrected chi connectivity index (χ3v) is 5.27. The highest BCUT2D eigenvalue weighted by Gasteiger charge is 2.19. The summed E-state index contributed by atoms with van der Waals surface area (Å²) in [6.07, 6.45) is 0. The van der Waals surface area contributed by atoms with Crippen LogP contribution in [0, 0.1) is 5.92 Å². The summed E-state index contributed by atoms with van der Waals surface area (Å²) in [5.74, 6) is 0.546. The van der Waals surface area contributed by atoms with E-state index in [0.717, 1.165) is 13.1 Å². The molecular formula is C17H23BrN2S. The zero-order valence-electron chi connectivity index (χ0n) is 12.8. The van der Waals surface area contributed by atoms with Crippen molar-refractivity contribution in [2.24, 2.45) is 5.92 Å². The average molecular weight is 367 g/mol. The van der Waals surface area contributed by atoms with Crippen molar-refractivity contribution in [3.05, 3.63) is 56.7 Å². The predicted molar refractivity (Wildman–Crippen MR) is 95.8 cm³/mol. The Morgan fingerprint density at radius 2 is 2.00 bits per heavy atom. The van der Waals surface area contributed by atoms with Crippen LogP contribution < -0.4 is 5.32 Å². The first-order valence-corrected chi connectivity index (χ1v) is 8.91. The normalized spacial score (nSPS) is 14.3. The van der Waals surface area contributed by atoms with Crippen molar-refractivity contribution in [2.45, 2.75) is 19.5 Å². The summed E-state index contributed by atoms with van der Waals surface area (Å²) < 4.78 is 1.20. The fourth-order valence-electron chi connectivity index (χ4n) is 2.84. The summed E-state index contributed by atoms with van der Waals surface area (Å²) in [5.41, 5.74) is 2.74. The van der Waals surface area contributed by atoms with Gasteiger partial charge in [0.25, 0.3) is 0 Å². The second-order valence-corrected chi connectivity index (χ2v) is 7.90. The van der Waals surface area contributed by atoms with Crippen molar-refractivity contribution in [2.75, 3.05) is 20.6 Å². The van der Waals surface area contributed by atoms with Gasteiger partial charge in [0.05, 0.1) is 3.79 Å². The number of nitrogens with one attached hydrogen (secondary N) is 1. The Kier molecular flexibility index (Phi) is 6.42. The average Bonchev–Trinajstić information content (AvgIpc) is 2.85. The molecule has 0 fully saturated rings. The van der Waals surface area contributed by atoms with E-state index in [2.05, 4.69) is 81.9 Å². The fourth-order valence-corrected chi connectivity index (χ4v) is 4.04. The maximum absolute atomic E-state index is 3.53. The first-order chi connectivity index (χ1) is 10.1. The van der Waals surface area contributed by atoms with Crippen molar-refractivity contribution >= 4 is 27.3 Å². The molecular weight excluding hydrogens is 344 g/mol. The minimum absolute atomic E-state index is 0.392. The molecule has 0 bridgehead atoms. The molecule has 2 aromatic rings. The highest BCUT2D eigenvalue weighted by Crippen LogP contribution is 2.24. The van der Waals surface area contributed by atoms with Crippen LogP contribution in [0.4, 0.5) is 0 Å². The van der Waals surface area contributed by atoms with E-state index >= 15 is 0 Å². The largest absolute Gasteiger partial charge is 0.313 e. The van der Waals surface area contributed by atoms with Crippen molar-refractivity contribution < 1.29 is 0 Å². The van der Waals surface area contributed by atoms with E-state index in [1.165, 1.54) is 14.9 Å². The minimum Gasteiger partial charge on any atom is -0.313 e. The summed E-state index contributed by atoms with van der Waals surface area (Å²) in [6, 6.07) is 13.3. The molecule has 0 radical (unpaired) electrons. The standard InChI is InChI=1S/C17H23BrN2S/c1-13(17(19-2)15-7-5-4-6-8-15)10-20(3)11-14-9-16(18)21-12-14/h4-9,12-13,17,19H,10-11H2,1-3H3. The van der Waals surface area contributed by atoms with Gasteiger partial charge in [-0.15, -0.1) is 11.3 Å². The molecule has 0 aliphatic carbocycles. The number of hydrogen-bond donors (Lipinski definition) is 1. The molecule has 2 unspecified atom stereocenters. The molecule has 1 aromatic carbocycles.